The van der Waals surface area contributed by atoms with Gasteiger partial charge in [0.05, 0.1) is 23.4 Å². The first-order valence-corrected chi connectivity index (χ1v) is 9.33. The lowest BCUT2D eigenvalue weighted by atomic mass is 9.68. The molecule has 3 aliphatic rings. The van der Waals surface area contributed by atoms with Crippen LogP contribution in [0, 0.1) is 23.2 Å². The Bertz CT molecular complexity index is 480. The van der Waals surface area contributed by atoms with Crippen molar-refractivity contribution >= 4 is 0 Å². The molecule has 0 bridgehead atoms. The second-order valence-electron chi connectivity index (χ2n) is 9.43. The van der Waals surface area contributed by atoms with Crippen molar-refractivity contribution < 1.29 is 14.9 Å². The Kier molecular flexibility index (Phi) is 4.23. The monoisotopic (exact) mass is 322 g/mol. The molecule has 3 nitrogen and oxygen atoms in total. The lowest BCUT2D eigenvalue weighted by molar-refractivity contribution is -0.0580. The molecule has 1 saturated carbocycles. The highest BCUT2D eigenvalue weighted by Crippen LogP contribution is 2.56. The fourth-order valence-corrected chi connectivity index (χ4v) is 5.24. The highest BCUT2D eigenvalue weighted by Gasteiger charge is 2.57. The lowest BCUT2D eigenvalue weighted by Gasteiger charge is -2.40. The molecule has 0 radical (unpaired) electrons. The van der Waals surface area contributed by atoms with Gasteiger partial charge in [0.15, 0.2) is 0 Å². The van der Waals surface area contributed by atoms with E-state index in [0.717, 1.165) is 25.7 Å². The maximum Gasteiger partial charge on any atom is 0.0945 e. The van der Waals surface area contributed by atoms with Crippen molar-refractivity contribution in [2.75, 3.05) is 0 Å². The second-order valence-corrected chi connectivity index (χ2v) is 9.43. The van der Waals surface area contributed by atoms with Crippen LogP contribution in [0.15, 0.2) is 12.2 Å². The predicted molar refractivity (Wildman–Crippen MR) is 92.1 cm³/mol. The van der Waals surface area contributed by atoms with Gasteiger partial charge in [-0.05, 0) is 69.6 Å². The number of hydrogen-bond acceptors (Lipinski definition) is 3. The molecule has 1 heterocycles. The van der Waals surface area contributed by atoms with Gasteiger partial charge in [0.1, 0.15) is 0 Å². The van der Waals surface area contributed by atoms with Crippen LogP contribution < -0.4 is 0 Å². The van der Waals surface area contributed by atoms with Crippen LogP contribution in [0.2, 0.25) is 0 Å². The molecule has 7 unspecified atom stereocenters. The smallest absolute Gasteiger partial charge is 0.0945 e. The fraction of sp³-hybridized carbons (Fsp3) is 0.900. The van der Waals surface area contributed by atoms with Gasteiger partial charge < -0.3 is 14.9 Å². The minimum absolute atomic E-state index is 0.0383. The Hall–Kier alpha value is -0.380. The summed E-state index contributed by atoms with van der Waals surface area (Å²) in [5, 5.41) is 21.8. The molecule has 7 atom stereocenters. The second kappa shape index (κ2) is 5.57. The number of ether oxygens (including phenoxy) is 1. The van der Waals surface area contributed by atoms with E-state index in [9.17, 15) is 10.2 Å². The third-order valence-corrected chi connectivity index (χ3v) is 6.85. The van der Waals surface area contributed by atoms with Crippen LogP contribution in [-0.2, 0) is 4.74 Å². The van der Waals surface area contributed by atoms with E-state index >= 15 is 0 Å². The fourth-order valence-electron chi connectivity index (χ4n) is 5.24. The van der Waals surface area contributed by atoms with Crippen molar-refractivity contribution in [3.05, 3.63) is 12.2 Å². The van der Waals surface area contributed by atoms with Crippen molar-refractivity contribution in [3.63, 3.8) is 0 Å². The van der Waals surface area contributed by atoms with Gasteiger partial charge in [-0.25, -0.2) is 0 Å². The number of hydrogen-bond donors (Lipinski definition) is 2. The van der Waals surface area contributed by atoms with Gasteiger partial charge in [-0.2, -0.15) is 0 Å². The summed E-state index contributed by atoms with van der Waals surface area (Å²) in [6.07, 6.45) is 9.45. The van der Waals surface area contributed by atoms with Crippen molar-refractivity contribution in [1.29, 1.82) is 0 Å². The Balaban J connectivity index is 1.94. The summed E-state index contributed by atoms with van der Waals surface area (Å²) in [4.78, 5) is 0. The van der Waals surface area contributed by atoms with Gasteiger partial charge in [0, 0.05) is 6.42 Å². The van der Waals surface area contributed by atoms with Gasteiger partial charge in [-0.1, -0.05) is 26.0 Å². The first-order chi connectivity index (χ1) is 10.6. The van der Waals surface area contributed by atoms with Gasteiger partial charge in [-0.3, -0.25) is 0 Å². The molecule has 2 fully saturated rings. The summed E-state index contributed by atoms with van der Waals surface area (Å²) in [5.41, 5.74) is -0.964. The molecule has 3 rings (SSSR count). The molecule has 132 valence electrons. The molecule has 1 saturated heterocycles. The van der Waals surface area contributed by atoms with Crippen molar-refractivity contribution in [2.24, 2.45) is 23.2 Å². The zero-order valence-corrected chi connectivity index (χ0v) is 15.4. The van der Waals surface area contributed by atoms with E-state index in [1.807, 2.05) is 13.8 Å². The first-order valence-electron chi connectivity index (χ1n) is 9.33. The third-order valence-electron chi connectivity index (χ3n) is 6.85. The standard InChI is InChI=1S/C20H34O3/c1-13-6-7-16-20(5,23-16)12-15(21)17-14(18(2,3)22)9-11-19(17,4)10-8-13/h8,10,13-17,21-22H,6-7,9,11-12H2,1-5H3. The molecule has 0 amide bonds. The Morgan fingerprint density at radius 2 is 1.87 bits per heavy atom. The number of allylic oxidation sites excluding steroid dienone is 2. The first kappa shape index (κ1) is 17.4. The molecular formula is C20H34O3. The van der Waals surface area contributed by atoms with Crippen LogP contribution in [0.1, 0.15) is 66.7 Å². The maximum atomic E-state index is 11.1. The molecule has 23 heavy (non-hydrogen) atoms. The molecular weight excluding hydrogens is 288 g/mol. The summed E-state index contributed by atoms with van der Waals surface area (Å²) >= 11 is 0. The molecule has 2 aliphatic carbocycles. The van der Waals surface area contributed by atoms with E-state index in [4.69, 9.17) is 4.74 Å². The van der Waals surface area contributed by atoms with Gasteiger partial charge in [0.25, 0.3) is 0 Å². The summed E-state index contributed by atoms with van der Waals surface area (Å²) in [7, 11) is 0. The molecule has 1 aliphatic heterocycles. The molecule has 2 N–H and O–H groups in total. The zero-order chi connectivity index (χ0) is 17.0. The van der Waals surface area contributed by atoms with Crippen LogP contribution in [0.4, 0.5) is 0 Å². The lowest BCUT2D eigenvalue weighted by Crippen LogP contribution is -2.44. The average molecular weight is 322 g/mol. The Morgan fingerprint density at radius 1 is 1.17 bits per heavy atom. The van der Waals surface area contributed by atoms with E-state index in [2.05, 4.69) is 32.9 Å². The van der Waals surface area contributed by atoms with Crippen LogP contribution in [0.3, 0.4) is 0 Å². The third kappa shape index (κ3) is 3.25. The Labute approximate surface area is 141 Å². The summed E-state index contributed by atoms with van der Waals surface area (Å²) < 4.78 is 5.95. The average Bonchev–Trinajstić information content (AvgIpc) is 2.89. The van der Waals surface area contributed by atoms with Crippen LogP contribution in [0.5, 0.6) is 0 Å². The Morgan fingerprint density at radius 3 is 2.52 bits per heavy atom. The zero-order valence-electron chi connectivity index (χ0n) is 15.4. The molecule has 3 heteroatoms. The van der Waals surface area contributed by atoms with E-state index in [1.165, 1.54) is 0 Å². The van der Waals surface area contributed by atoms with Gasteiger partial charge in [-0.15, -0.1) is 0 Å². The van der Waals surface area contributed by atoms with Crippen molar-refractivity contribution in [3.8, 4) is 0 Å². The van der Waals surface area contributed by atoms with E-state index < -0.39 is 11.7 Å². The van der Waals surface area contributed by atoms with E-state index in [0.29, 0.717) is 18.4 Å². The maximum absolute atomic E-state index is 11.1. The molecule has 0 aromatic carbocycles. The quantitative estimate of drug-likeness (QED) is 0.572. The van der Waals surface area contributed by atoms with Crippen LogP contribution in [-0.4, -0.2) is 33.6 Å². The topological polar surface area (TPSA) is 53.0 Å². The number of aliphatic hydroxyl groups is 2. The van der Waals surface area contributed by atoms with Crippen LogP contribution >= 0.6 is 0 Å². The minimum atomic E-state index is -0.756. The number of rotatable bonds is 1. The summed E-state index contributed by atoms with van der Waals surface area (Å²) in [6, 6.07) is 0. The van der Waals surface area contributed by atoms with E-state index in [1.54, 1.807) is 0 Å². The van der Waals surface area contributed by atoms with Crippen LogP contribution in [0.25, 0.3) is 0 Å². The molecule has 0 spiro atoms. The van der Waals surface area contributed by atoms with Crippen molar-refractivity contribution in [1.82, 2.24) is 0 Å². The number of aliphatic hydroxyl groups excluding tert-OH is 1. The SMILES string of the molecule is CC1C=CC2(C)CCC(C(C)(C)O)C2C(O)CC2(C)OC2CC1. The minimum Gasteiger partial charge on any atom is -0.393 e. The normalized spacial score (nSPS) is 50.8. The predicted octanol–water partition coefficient (Wildman–Crippen LogP) is 3.68. The van der Waals surface area contributed by atoms with E-state index in [-0.39, 0.29) is 22.9 Å². The number of epoxide rings is 1. The summed E-state index contributed by atoms with van der Waals surface area (Å²) in [6.45, 7) is 10.5. The highest BCUT2D eigenvalue weighted by atomic mass is 16.6. The highest BCUT2D eigenvalue weighted by molar-refractivity contribution is 5.14. The van der Waals surface area contributed by atoms with Gasteiger partial charge >= 0.3 is 0 Å². The number of fused-ring (bicyclic) bond motifs is 2. The van der Waals surface area contributed by atoms with Crippen molar-refractivity contribution in [2.45, 2.75) is 90.1 Å². The van der Waals surface area contributed by atoms with Gasteiger partial charge in [0.2, 0.25) is 0 Å². The molecule has 0 aromatic heterocycles. The summed E-state index contributed by atoms with van der Waals surface area (Å²) in [5.74, 6) is 0.757. The molecule has 0 aromatic rings. The largest absolute Gasteiger partial charge is 0.393 e.